The van der Waals surface area contributed by atoms with Crippen molar-refractivity contribution in [3.05, 3.63) is 41.5 Å². The third-order valence-corrected chi connectivity index (χ3v) is 4.49. The van der Waals surface area contributed by atoms with Crippen molar-refractivity contribution in [2.45, 2.75) is 19.3 Å². The van der Waals surface area contributed by atoms with Gasteiger partial charge in [-0.3, -0.25) is 4.79 Å². The predicted molar refractivity (Wildman–Crippen MR) is 83.8 cm³/mol. The molecule has 2 aliphatic heterocycles. The lowest BCUT2D eigenvalue weighted by molar-refractivity contribution is 0.0790. The number of fused-ring (bicyclic) bond motifs is 1. The van der Waals surface area contributed by atoms with Crippen LogP contribution in [-0.2, 0) is 7.05 Å². The van der Waals surface area contributed by atoms with E-state index in [9.17, 15) is 4.79 Å². The third kappa shape index (κ3) is 2.44. The molecule has 3 heterocycles. The molecule has 0 N–H and O–H groups in total. The average Bonchev–Trinajstić information content (AvgIpc) is 3.24. The van der Waals surface area contributed by atoms with Gasteiger partial charge in [0.2, 0.25) is 6.79 Å². The van der Waals surface area contributed by atoms with Crippen LogP contribution in [0.4, 0.5) is 0 Å². The summed E-state index contributed by atoms with van der Waals surface area (Å²) >= 11 is 0. The summed E-state index contributed by atoms with van der Waals surface area (Å²) in [4.78, 5) is 19.2. The molecule has 0 unspecified atom stereocenters. The average molecular weight is 313 g/mol. The predicted octanol–water partition coefficient (Wildman–Crippen LogP) is 2.09. The number of likely N-dealkylation sites (tertiary alicyclic amines) is 1. The van der Waals surface area contributed by atoms with E-state index in [0.29, 0.717) is 29.5 Å². The van der Waals surface area contributed by atoms with E-state index >= 15 is 0 Å². The highest BCUT2D eigenvalue weighted by molar-refractivity contribution is 5.95. The Hall–Kier alpha value is -2.50. The summed E-state index contributed by atoms with van der Waals surface area (Å²) in [5, 5.41) is 0. The quantitative estimate of drug-likeness (QED) is 0.852. The molecule has 0 saturated carbocycles. The number of rotatable bonds is 2. The van der Waals surface area contributed by atoms with Gasteiger partial charge in [0.1, 0.15) is 5.82 Å². The molecule has 0 spiro atoms. The highest BCUT2D eigenvalue weighted by Gasteiger charge is 2.31. The molecular formula is C17H19N3O3. The second-order valence-corrected chi connectivity index (χ2v) is 6.16. The maximum absolute atomic E-state index is 12.7. The molecule has 120 valence electrons. The molecule has 1 aromatic heterocycles. The second kappa shape index (κ2) is 5.30. The van der Waals surface area contributed by atoms with Crippen molar-refractivity contribution in [2.75, 3.05) is 19.9 Å². The van der Waals surface area contributed by atoms with E-state index in [1.807, 2.05) is 25.1 Å². The lowest BCUT2D eigenvalue weighted by atomic mass is 10.1. The maximum Gasteiger partial charge on any atom is 0.254 e. The number of hydrogen-bond donors (Lipinski definition) is 0. The van der Waals surface area contributed by atoms with Gasteiger partial charge in [0, 0.05) is 37.8 Å². The smallest absolute Gasteiger partial charge is 0.254 e. The molecule has 6 heteroatoms. The Kier molecular flexibility index (Phi) is 3.25. The lowest BCUT2D eigenvalue weighted by Gasteiger charge is -2.17. The van der Waals surface area contributed by atoms with Gasteiger partial charge < -0.3 is 18.9 Å². The molecule has 1 aromatic carbocycles. The van der Waals surface area contributed by atoms with E-state index in [1.54, 1.807) is 18.2 Å². The molecule has 1 saturated heterocycles. The summed E-state index contributed by atoms with van der Waals surface area (Å²) in [5.74, 6) is 2.74. The Labute approximate surface area is 134 Å². The number of carbonyl (C=O) groups excluding carboxylic acids is 1. The molecule has 23 heavy (non-hydrogen) atoms. The molecular weight excluding hydrogens is 294 g/mol. The largest absolute Gasteiger partial charge is 0.454 e. The van der Waals surface area contributed by atoms with Gasteiger partial charge >= 0.3 is 0 Å². The van der Waals surface area contributed by atoms with Gasteiger partial charge in [0.15, 0.2) is 11.5 Å². The van der Waals surface area contributed by atoms with Crippen molar-refractivity contribution in [1.29, 1.82) is 0 Å². The number of ether oxygens (including phenoxy) is 2. The summed E-state index contributed by atoms with van der Waals surface area (Å²) in [6, 6.07) is 5.36. The van der Waals surface area contributed by atoms with Crippen molar-refractivity contribution < 1.29 is 14.3 Å². The first kappa shape index (κ1) is 14.1. The fourth-order valence-corrected chi connectivity index (χ4v) is 3.38. The molecule has 2 aliphatic rings. The number of hydrogen-bond acceptors (Lipinski definition) is 4. The fraction of sp³-hybridized carbons (Fsp3) is 0.412. The number of aromatic nitrogens is 2. The molecule has 0 bridgehead atoms. The normalized spacial score (nSPS) is 19.4. The zero-order valence-electron chi connectivity index (χ0n) is 13.3. The summed E-state index contributed by atoms with van der Waals surface area (Å²) in [5.41, 5.74) is 1.66. The topological polar surface area (TPSA) is 56.6 Å². The molecule has 4 rings (SSSR count). The van der Waals surface area contributed by atoms with E-state index < -0.39 is 0 Å². The maximum atomic E-state index is 12.7. The van der Waals surface area contributed by atoms with Gasteiger partial charge in [-0.05, 0) is 31.5 Å². The van der Waals surface area contributed by atoms with Gasteiger partial charge in [0.05, 0.1) is 5.69 Å². The van der Waals surface area contributed by atoms with Gasteiger partial charge in [-0.25, -0.2) is 4.98 Å². The van der Waals surface area contributed by atoms with Crippen molar-refractivity contribution in [2.24, 2.45) is 7.05 Å². The number of benzene rings is 1. The fourth-order valence-electron chi connectivity index (χ4n) is 3.38. The number of imidazole rings is 1. The van der Waals surface area contributed by atoms with Crippen LogP contribution >= 0.6 is 0 Å². The Morgan fingerprint density at radius 3 is 2.91 bits per heavy atom. The summed E-state index contributed by atoms with van der Waals surface area (Å²) in [7, 11) is 2.01. The molecule has 1 atom stereocenters. The molecule has 1 fully saturated rings. The number of amides is 1. The molecule has 6 nitrogen and oxygen atoms in total. The Balaban J connectivity index is 1.51. The lowest BCUT2D eigenvalue weighted by Crippen LogP contribution is -2.28. The van der Waals surface area contributed by atoms with Crippen LogP contribution in [0.3, 0.4) is 0 Å². The van der Waals surface area contributed by atoms with Crippen LogP contribution in [0.1, 0.15) is 34.2 Å². The van der Waals surface area contributed by atoms with E-state index in [0.717, 1.165) is 24.5 Å². The number of nitrogens with zero attached hydrogens (tertiary/aromatic N) is 3. The van der Waals surface area contributed by atoms with Crippen LogP contribution in [0.5, 0.6) is 11.5 Å². The van der Waals surface area contributed by atoms with Gasteiger partial charge in [-0.1, -0.05) is 0 Å². The Bertz CT molecular complexity index is 768. The summed E-state index contributed by atoms with van der Waals surface area (Å²) in [6.07, 6.45) is 2.97. The van der Waals surface area contributed by atoms with Crippen molar-refractivity contribution in [3.63, 3.8) is 0 Å². The number of aryl methyl sites for hydroxylation is 2. The van der Waals surface area contributed by atoms with Crippen molar-refractivity contribution in [1.82, 2.24) is 14.5 Å². The first-order valence-electron chi connectivity index (χ1n) is 7.80. The monoisotopic (exact) mass is 313 g/mol. The highest BCUT2D eigenvalue weighted by atomic mass is 16.7. The first-order valence-corrected chi connectivity index (χ1v) is 7.80. The van der Waals surface area contributed by atoms with Crippen LogP contribution in [0.25, 0.3) is 0 Å². The van der Waals surface area contributed by atoms with Crippen LogP contribution < -0.4 is 9.47 Å². The van der Waals surface area contributed by atoms with E-state index in [4.69, 9.17) is 9.47 Å². The van der Waals surface area contributed by atoms with Gasteiger partial charge in [0.25, 0.3) is 5.91 Å². The summed E-state index contributed by atoms with van der Waals surface area (Å²) in [6.45, 7) is 3.67. The van der Waals surface area contributed by atoms with Crippen LogP contribution in [0.15, 0.2) is 24.4 Å². The SMILES string of the molecule is Cc1cn(C)c([C@@H]2CCN(C(=O)c3ccc4c(c3)OCO4)C2)n1. The molecule has 0 aliphatic carbocycles. The zero-order chi connectivity index (χ0) is 16.0. The third-order valence-electron chi connectivity index (χ3n) is 4.49. The van der Waals surface area contributed by atoms with E-state index in [-0.39, 0.29) is 12.7 Å². The van der Waals surface area contributed by atoms with Gasteiger partial charge in [-0.15, -0.1) is 0 Å². The zero-order valence-corrected chi connectivity index (χ0v) is 13.3. The summed E-state index contributed by atoms with van der Waals surface area (Å²) < 4.78 is 12.7. The minimum absolute atomic E-state index is 0.0386. The van der Waals surface area contributed by atoms with Crippen LogP contribution in [-0.4, -0.2) is 40.2 Å². The van der Waals surface area contributed by atoms with E-state index in [2.05, 4.69) is 9.55 Å². The van der Waals surface area contributed by atoms with Crippen LogP contribution in [0, 0.1) is 6.92 Å². The molecule has 1 amide bonds. The first-order chi connectivity index (χ1) is 11.1. The molecule has 0 radical (unpaired) electrons. The second-order valence-electron chi connectivity index (χ2n) is 6.16. The van der Waals surface area contributed by atoms with Crippen LogP contribution in [0.2, 0.25) is 0 Å². The minimum atomic E-state index is 0.0386. The van der Waals surface area contributed by atoms with E-state index in [1.165, 1.54) is 0 Å². The van der Waals surface area contributed by atoms with Crippen molar-refractivity contribution in [3.8, 4) is 11.5 Å². The Morgan fingerprint density at radius 1 is 1.30 bits per heavy atom. The number of carbonyl (C=O) groups is 1. The standard InChI is InChI=1S/C17H19N3O3/c1-11-8-19(2)16(18-11)13-5-6-20(9-13)17(21)12-3-4-14-15(7-12)23-10-22-14/h3-4,7-8,13H,5-6,9-10H2,1-2H3/t13-/m1/s1. The van der Waals surface area contributed by atoms with Gasteiger partial charge in [-0.2, -0.15) is 0 Å². The Morgan fingerprint density at radius 2 is 2.13 bits per heavy atom. The molecule has 2 aromatic rings. The van der Waals surface area contributed by atoms with Crippen molar-refractivity contribution >= 4 is 5.91 Å². The minimum Gasteiger partial charge on any atom is -0.454 e. The highest BCUT2D eigenvalue weighted by Crippen LogP contribution is 2.34.